The minimum absolute atomic E-state index is 0.0132. The molecule has 0 spiro atoms. The molecule has 1 aliphatic heterocycles. The van der Waals surface area contributed by atoms with Crippen molar-refractivity contribution in [1.29, 1.82) is 0 Å². The summed E-state index contributed by atoms with van der Waals surface area (Å²) in [5.74, 6) is 1.93. The summed E-state index contributed by atoms with van der Waals surface area (Å²) in [6.07, 6.45) is 6.29. The van der Waals surface area contributed by atoms with E-state index in [9.17, 15) is 4.79 Å². The SMILES string of the molecule is COC(=O)CC1(CSCCOC2CCCCO2)CC1. The highest BCUT2D eigenvalue weighted by Crippen LogP contribution is 2.51. The van der Waals surface area contributed by atoms with Gasteiger partial charge in [0, 0.05) is 12.4 Å². The molecule has 1 unspecified atom stereocenters. The van der Waals surface area contributed by atoms with Gasteiger partial charge in [-0.05, 0) is 43.3 Å². The number of rotatable bonds is 8. The fourth-order valence-corrected chi connectivity index (χ4v) is 3.48. The molecule has 4 nitrogen and oxygen atoms in total. The van der Waals surface area contributed by atoms with Gasteiger partial charge < -0.3 is 14.2 Å². The molecule has 2 rings (SSSR count). The van der Waals surface area contributed by atoms with Crippen LogP contribution in [0.25, 0.3) is 0 Å². The molecule has 0 amide bonds. The zero-order valence-electron chi connectivity index (χ0n) is 11.7. The van der Waals surface area contributed by atoms with E-state index in [-0.39, 0.29) is 17.7 Å². The first-order chi connectivity index (χ1) is 9.24. The lowest BCUT2D eigenvalue weighted by Crippen LogP contribution is -2.23. The lowest BCUT2D eigenvalue weighted by molar-refractivity contribution is -0.158. The minimum atomic E-state index is -0.0787. The third-order valence-electron chi connectivity index (χ3n) is 3.78. The molecule has 0 radical (unpaired) electrons. The number of thioether (sulfide) groups is 1. The molecule has 0 aromatic carbocycles. The van der Waals surface area contributed by atoms with Gasteiger partial charge in [0.15, 0.2) is 6.29 Å². The second-order valence-electron chi connectivity index (χ2n) is 5.47. The van der Waals surface area contributed by atoms with Crippen molar-refractivity contribution in [2.24, 2.45) is 5.41 Å². The van der Waals surface area contributed by atoms with E-state index in [1.165, 1.54) is 13.5 Å². The van der Waals surface area contributed by atoms with Gasteiger partial charge >= 0.3 is 5.97 Å². The lowest BCUT2D eigenvalue weighted by atomic mass is 10.1. The highest BCUT2D eigenvalue weighted by molar-refractivity contribution is 7.99. The van der Waals surface area contributed by atoms with Gasteiger partial charge in [-0.2, -0.15) is 11.8 Å². The Kier molecular flexibility index (Phi) is 5.98. The smallest absolute Gasteiger partial charge is 0.306 e. The molecule has 0 aromatic heterocycles. The molecule has 1 aliphatic carbocycles. The molecule has 0 N–H and O–H groups in total. The predicted octanol–water partition coefficient (Wildman–Crippen LogP) is 2.61. The number of hydrogen-bond donors (Lipinski definition) is 0. The number of esters is 1. The average Bonchev–Trinajstić information content (AvgIpc) is 3.19. The molecule has 1 saturated heterocycles. The monoisotopic (exact) mass is 288 g/mol. The molecule has 2 aliphatic rings. The standard InChI is InChI=1S/C14H24O4S/c1-16-12(15)10-14(5-6-14)11-19-9-8-18-13-4-2-3-7-17-13/h13H,2-11H2,1H3. The largest absolute Gasteiger partial charge is 0.469 e. The second-order valence-corrected chi connectivity index (χ2v) is 6.58. The second kappa shape index (κ2) is 7.50. The maximum atomic E-state index is 11.3. The Bertz CT molecular complexity index is 285. The molecule has 0 aromatic rings. The minimum Gasteiger partial charge on any atom is -0.469 e. The van der Waals surface area contributed by atoms with Crippen LogP contribution in [0.1, 0.15) is 38.5 Å². The highest BCUT2D eigenvalue weighted by atomic mass is 32.2. The Morgan fingerprint density at radius 3 is 2.89 bits per heavy atom. The van der Waals surface area contributed by atoms with Crippen molar-refractivity contribution in [3.8, 4) is 0 Å². The summed E-state index contributed by atoms with van der Waals surface area (Å²) in [7, 11) is 1.46. The summed E-state index contributed by atoms with van der Waals surface area (Å²) >= 11 is 1.88. The molecule has 1 saturated carbocycles. The third-order valence-corrected chi connectivity index (χ3v) is 5.05. The molecule has 1 atom stereocenters. The van der Waals surface area contributed by atoms with Gasteiger partial charge in [0.2, 0.25) is 0 Å². The summed E-state index contributed by atoms with van der Waals surface area (Å²) in [6, 6.07) is 0. The van der Waals surface area contributed by atoms with Crippen LogP contribution in [0.2, 0.25) is 0 Å². The van der Waals surface area contributed by atoms with Crippen LogP contribution in [-0.4, -0.2) is 44.1 Å². The molecular formula is C14H24O4S. The van der Waals surface area contributed by atoms with Crippen LogP contribution >= 0.6 is 11.8 Å². The number of hydrogen-bond acceptors (Lipinski definition) is 5. The van der Waals surface area contributed by atoms with Crippen LogP contribution in [0.3, 0.4) is 0 Å². The summed E-state index contributed by atoms with van der Waals surface area (Å²) < 4.78 is 15.9. The molecule has 1 heterocycles. The van der Waals surface area contributed by atoms with Crippen LogP contribution in [-0.2, 0) is 19.0 Å². The van der Waals surface area contributed by atoms with E-state index in [1.807, 2.05) is 11.8 Å². The molecule has 5 heteroatoms. The first-order valence-electron chi connectivity index (χ1n) is 7.12. The number of ether oxygens (including phenoxy) is 3. The van der Waals surface area contributed by atoms with E-state index in [0.717, 1.165) is 50.4 Å². The molecular weight excluding hydrogens is 264 g/mol. The van der Waals surface area contributed by atoms with Crippen LogP contribution in [0.15, 0.2) is 0 Å². The normalized spacial score (nSPS) is 25.0. The fourth-order valence-electron chi connectivity index (χ4n) is 2.30. The summed E-state index contributed by atoms with van der Waals surface area (Å²) in [5, 5.41) is 0. The number of methoxy groups -OCH3 is 1. The van der Waals surface area contributed by atoms with Gasteiger partial charge in [0.25, 0.3) is 0 Å². The number of carbonyl (C=O) groups is 1. The van der Waals surface area contributed by atoms with Gasteiger partial charge in [0.1, 0.15) is 0 Å². The zero-order chi connectivity index (χ0) is 13.6. The predicted molar refractivity (Wildman–Crippen MR) is 75.2 cm³/mol. The van der Waals surface area contributed by atoms with Crippen molar-refractivity contribution in [1.82, 2.24) is 0 Å². The van der Waals surface area contributed by atoms with Gasteiger partial charge in [-0.15, -0.1) is 0 Å². The Hall–Kier alpha value is -0.260. The van der Waals surface area contributed by atoms with Crippen LogP contribution < -0.4 is 0 Å². The van der Waals surface area contributed by atoms with Crippen molar-refractivity contribution >= 4 is 17.7 Å². The van der Waals surface area contributed by atoms with Crippen molar-refractivity contribution in [3.63, 3.8) is 0 Å². The van der Waals surface area contributed by atoms with Gasteiger partial charge in [-0.1, -0.05) is 0 Å². The summed E-state index contributed by atoms with van der Waals surface area (Å²) in [5.41, 5.74) is 0.221. The van der Waals surface area contributed by atoms with Crippen LogP contribution in [0.5, 0.6) is 0 Å². The van der Waals surface area contributed by atoms with E-state index < -0.39 is 0 Å². The lowest BCUT2D eigenvalue weighted by Gasteiger charge is -2.22. The van der Waals surface area contributed by atoms with Crippen molar-refractivity contribution in [2.75, 3.05) is 31.8 Å². The average molecular weight is 288 g/mol. The highest BCUT2D eigenvalue weighted by Gasteiger charge is 2.44. The van der Waals surface area contributed by atoms with E-state index in [2.05, 4.69) is 0 Å². The Morgan fingerprint density at radius 1 is 1.42 bits per heavy atom. The molecule has 110 valence electrons. The zero-order valence-corrected chi connectivity index (χ0v) is 12.5. The van der Waals surface area contributed by atoms with Gasteiger partial charge in [-0.25, -0.2) is 0 Å². The summed E-state index contributed by atoms with van der Waals surface area (Å²) in [6.45, 7) is 1.57. The van der Waals surface area contributed by atoms with E-state index in [4.69, 9.17) is 14.2 Å². The molecule has 19 heavy (non-hydrogen) atoms. The van der Waals surface area contributed by atoms with Crippen molar-refractivity contribution in [3.05, 3.63) is 0 Å². The van der Waals surface area contributed by atoms with Gasteiger partial charge in [-0.3, -0.25) is 4.79 Å². The van der Waals surface area contributed by atoms with Crippen molar-refractivity contribution in [2.45, 2.75) is 44.8 Å². The topological polar surface area (TPSA) is 44.8 Å². The first kappa shape index (κ1) is 15.1. The Labute approximate surface area is 119 Å². The van der Waals surface area contributed by atoms with Gasteiger partial charge in [0.05, 0.1) is 20.1 Å². The fraction of sp³-hybridized carbons (Fsp3) is 0.929. The quantitative estimate of drug-likeness (QED) is 0.507. The van der Waals surface area contributed by atoms with Crippen molar-refractivity contribution < 1.29 is 19.0 Å². The molecule has 2 fully saturated rings. The van der Waals surface area contributed by atoms with E-state index >= 15 is 0 Å². The van der Waals surface area contributed by atoms with E-state index in [0.29, 0.717) is 6.42 Å². The maximum absolute atomic E-state index is 11.3. The van der Waals surface area contributed by atoms with Crippen LogP contribution in [0.4, 0.5) is 0 Å². The van der Waals surface area contributed by atoms with Crippen LogP contribution in [0, 0.1) is 5.41 Å². The third kappa shape index (κ3) is 5.32. The Balaban J connectivity index is 1.50. The first-order valence-corrected chi connectivity index (χ1v) is 8.27. The number of carbonyl (C=O) groups excluding carboxylic acids is 1. The maximum Gasteiger partial charge on any atom is 0.306 e. The Morgan fingerprint density at radius 2 is 2.26 bits per heavy atom. The molecule has 0 bridgehead atoms. The van der Waals surface area contributed by atoms with E-state index in [1.54, 1.807) is 0 Å². The summed E-state index contributed by atoms with van der Waals surface area (Å²) in [4.78, 5) is 11.3.